The van der Waals surface area contributed by atoms with Crippen LogP contribution >= 0.6 is 11.3 Å². The van der Waals surface area contributed by atoms with Crippen molar-refractivity contribution in [1.29, 1.82) is 0 Å². The number of hydrogen-bond acceptors (Lipinski definition) is 4. The lowest BCUT2D eigenvalue weighted by atomic mass is 10.1. The molecule has 0 saturated carbocycles. The highest BCUT2D eigenvalue weighted by molar-refractivity contribution is 7.15. The van der Waals surface area contributed by atoms with Gasteiger partial charge in [-0.3, -0.25) is 4.79 Å². The molecule has 4 heteroatoms. The Bertz CT molecular complexity index is 866. The molecule has 0 unspecified atom stereocenters. The summed E-state index contributed by atoms with van der Waals surface area (Å²) in [5.74, 6) is -0.345. The van der Waals surface area contributed by atoms with Gasteiger partial charge in [0.1, 0.15) is 6.61 Å². The molecule has 0 atom stereocenters. The first-order chi connectivity index (χ1) is 11.7. The lowest BCUT2D eigenvalue weighted by Gasteiger charge is -2.04. The molecule has 0 aliphatic rings. The molecular formula is C20H16O3S. The van der Waals surface area contributed by atoms with Crippen molar-refractivity contribution in [2.24, 2.45) is 0 Å². The van der Waals surface area contributed by atoms with Crippen molar-refractivity contribution in [2.75, 3.05) is 0 Å². The fourth-order valence-corrected chi connectivity index (χ4v) is 3.50. The number of esters is 1. The van der Waals surface area contributed by atoms with Crippen molar-refractivity contribution in [3.8, 4) is 10.4 Å². The summed E-state index contributed by atoms with van der Waals surface area (Å²) in [5, 5.41) is 0. The van der Waals surface area contributed by atoms with Crippen LogP contribution in [-0.4, -0.2) is 12.3 Å². The topological polar surface area (TPSA) is 43.4 Å². The van der Waals surface area contributed by atoms with Crippen LogP contribution < -0.4 is 0 Å². The van der Waals surface area contributed by atoms with Gasteiger partial charge in [0, 0.05) is 20.9 Å². The zero-order valence-corrected chi connectivity index (χ0v) is 14.0. The quantitative estimate of drug-likeness (QED) is 0.492. The molecule has 0 radical (unpaired) electrons. The fourth-order valence-electron chi connectivity index (χ4n) is 2.44. The van der Waals surface area contributed by atoms with Crippen molar-refractivity contribution >= 4 is 23.6 Å². The highest BCUT2D eigenvalue weighted by Gasteiger charge is 2.17. The van der Waals surface area contributed by atoms with E-state index >= 15 is 0 Å². The van der Waals surface area contributed by atoms with Gasteiger partial charge in [0.25, 0.3) is 0 Å². The van der Waals surface area contributed by atoms with Crippen LogP contribution in [0, 0.1) is 6.92 Å². The van der Waals surface area contributed by atoms with E-state index < -0.39 is 0 Å². The zero-order chi connectivity index (χ0) is 16.9. The molecule has 0 spiro atoms. The van der Waals surface area contributed by atoms with E-state index in [2.05, 4.69) is 0 Å². The Kier molecular flexibility index (Phi) is 4.87. The molecular weight excluding hydrogens is 320 g/mol. The van der Waals surface area contributed by atoms with E-state index in [0.29, 0.717) is 11.1 Å². The number of carbonyl (C=O) groups excluding carboxylic acids is 2. The molecule has 0 N–H and O–H groups in total. The normalized spacial score (nSPS) is 10.4. The molecule has 0 saturated heterocycles. The Hall–Kier alpha value is -2.72. The SMILES string of the molecule is Cc1sc(-c2ccccc2C=O)cc1C(=O)OCc1ccccc1. The van der Waals surface area contributed by atoms with Gasteiger partial charge in [-0.15, -0.1) is 11.3 Å². The number of aryl methyl sites for hydroxylation is 1. The summed E-state index contributed by atoms with van der Waals surface area (Å²) in [6.45, 7) is 2.13. The van der Waals surface area contributed by atoms with Gasteiger partial charge in [0.05, 0.1) is 5.56 Å². The van der Waals surface area contributed by atoms with Crippen LogP contribution in [-0.2, 0) is 11.3 Å². The van der Waals surface area contributed by atoms with Gasteiger partial charge in [-0.1, -0.05) is 54.6 Å². The first-order valence-corrected chi connectivity index (χ1v) is 8.36. The molecule has 3 aromatic rings. The molecule has 2 aromatic carbocycles. The molecule has 3 nitrogen and oxygen atoms in total. The second-order valence-electron chi connectivity index (χ2n) is 5.35. The summed E-state index contributed by atoms with van der Waals surface area (Å²) in [4.78, 5) is 25.3. The Balaban J connectivity index is 1.81. The summed E-state index contributed by atoms with van der Waals surface area (Å²) >= 11 is 1.49. The minimum Gasteiger partial charge on any atom is -0.457 e. The molecule has 1 aromatic heterocycles. The predicted octanol–water partition coefficient (Wildman–Crippen LogP) is 4.89. The monoisotopic (exact) mass is 336 g/mol. The number of aldehydes is 1. The highest BCUT2D eigenvalue weighted by atomic mass is 32.1. The van der Waals surface area contributed by atoms with Gasteiger partial charge in [-0.2, -0.15) is 0 Å². The van der Waals surface area contributed by atoms with E-state index in [1.807, 2.05) is 55.5 Å². The smallest absolute Gasteiger partial charge is 0.339 e. The second-order valence-corrected chi connectivity index (χ2v) is 6.60. The van der Waals surface area contributed by atoms with E-state index in [0.717, 1.165) is 27.2 Å². The molecule has 24 heavy (non-hydrogen) atoms. The first-order valence-electron chi connectivity index (χ1n) is 7.55. The van der Waals surface area contributed by atoms with Crippen LogP contribution in [0.4, 0.5) is 0 Å². The maximum atomic E-state index is 12.4. The number of carbonyl (C=O) groups is 2. The molecule has 0 amide bonds. The van der Waals surface area contributed by atoms with Crippen LogP contribution in [0.25, 0.3) is 10.4 Å². The predicted molar refractivity (Wildman–Crippen MR) is 95.4 cm³/mol. The molecule has 0 aliphatic heterocycles. The second kappa shape index (κ2) is 7.23. The van der Waals surface area contributed by atoms with Crippen molar-refractivity contribution < 1.29 is 14.3 Å². The third kappa shape index (κ3) is 3.44. The molecule has 0 fully saturated rings. The van der Waals surface area contributed by atoms with Crippen molar-refractivity contribution in [3.63, 3.8) is 0 Å². The van der Waals surface area contributed by atoms with Crippen molar-refractivity contribution in [1.82, 2.24) is 0 Å². The zero-order valence-electron chi connectivity index (χ0n) is 13.2. The number of ether oxygens (including phenoxy) is 1. The van der Waals surface area contributed by atoms with Crippen LogP contribution in [0.2, 0.25) is 0 Å². The molecule has 120 valence electrons. The van der Waals surface area contributed by atoms with E-state index in [9.17, 15) is 9.59 Å². The van der Waals surface area contributed by atoms with Gasteiger partial charge in [-0.25, -0.2) is 4.79 Å². The van der Waals surface area contributed by atoms with Crippen LogP contribution in [0.3, 0.4) is 0 Å². The largest absolute Gasteiger partial charge is 0.457 e. The Morgan fingerprint density at radius 2 is 1.79 bits per heavy atom. The minimum absolute atomic E-state index is 0.245. The average molecular weight is 336 g/mol. The maximum absolute atomic E-state index is 12.4. The standard InChI is InChI=1S/C20H16O3S/c1-14-18(20(22)23-13-15-7-3-2-4-8-15)11-19(24-14)17-10-6-5-9-16(17)12-21/h2-12H,13H2,1H3. The van der Waals surface area contributed by atoms with Crippen molar-refractivity contribution in [3.05, 3.63) is 82.2 Å². The summed E-state index contributed by atoms with van der Waals surface area (Å²) in [6.07, 6.45) is 0.831. The number of rotatable bonds is 5. The number of thiophene rings is 1. The Labute approximate surface area is 144 Å². The molecule has 3 rings (SSSR count). The van der Waals surface area contributed by atoms with Gasteiger partial charge in [0.15, 0.2) is 6.29 Å². The van der Waals surface area contributed by atoms with E-state index in [4.69, 9.17) is 4.74 Å². The number of benzene rings is 2. The summed E-state index contributed by atoms with van der Waals surface area (Å²) in [6, 6.07) is 18.7. The lowest BCUT2D eigenvalue weighted by molar-refractivity contribution is 0.0472. The van der Waals surface area contributed by atoms with Gasteiger partial charge in [-0.05, 0) is 18.6 Å². The van der Waals surface area contributed by atoms with Gasteiger partial charge >= 0.3 is 5.97 Å². The van der Waals surface area contributed by atoms with Crippen LogP contribution in [0.15, 0.2) is 60.7 Å². The minimum atomic E-state index is -0.345. The summed E-state index contributed by atoms with van der Waals surface area (Å²) < 4.78 is 5.40. The van der Waals surface area contributed by atoms with Crippen molar-refractivity contribution in [2.45, 2.75) is 13.5 Å². The van der Waals surface area contributed by atoms with Crippen LogP contribution in [0.1, 0.15) is 31.2 Å². The van der Waals surface area contributed by atoms with E-state index in [-0.39, 0.29) is 12.6 Å². The number of hydrogen-bond donors (Lipinski definition) is 0. The van der Waals surface area contributed by atoms with Gasteiger partial charge in [0.2, 0.25) is 0 Å². The Morgan fingerprint density at radius 1 is 1.08 bits per heavy atom. The van der Waals surface area contributed by atoms with Gasteiger partial charge < -0.3 is 4.74 Å². The summed E-state index contributed by atoms with van der Waals surface area (Å²) in [7, 11) is 0. The highest BCUT2D eigenvalue weighted by Crippen LogP contribution is 2.33. The molecule has 0 aliphatic carbocycles. The maximum Gasteiger partial charge on any atom is 0.339 e. The first kappa shape index (κ1) is 16.1. The third-order valence-electron chi connectivity index (χ3n) is 3.70. The van der Waals surface area contributed by atoms with E-state index in [1.165, 1.54) is 11.3 Å². The van der Waals surface area contributed by atoms with E-state index in [1.54, 1.807) is 12.1 Å². The lowest BCUT2D eigenvalue weighted by Crippen LogP contribution is -2.05. The Morgan fingerprint density at radius 3 is 2.54 bits per heavy atom. The molecule has 1 heterocycles. The summed E-state index contributed by atoms with van der Waals surface area (Å²) in [5.41, 5.74) is 2.95. The third-order valence-corrected chi connectivity index (χ3v) is 4.79. The molecule has 0 bridgehead atoms. The van der Waals surface area contributed by atoms with Crippen LogP contribution in [0.5, 0.6) is 0 Å². The average Bonchev–Trinajstić information content (AvgIpc) is 3.02. The fraction of sp³-hybridized carbons (Fsp3) is 0.100.